The van der Waals surface area contributed by atoms with Crippen molar-refractivity contribution < 1.29 is 18.0 Å². The van der Waals surface area contributed by atoms with E-state index in [0.717, 1.165) is 9.87 Å². The fourth-order valence-electron chi connectivity index (χ4n) is 3.66. The van der Waals surface area contributed by atoms with Gasteiger partial charge in [-0.25, -0.2) is 8.42 Å². The van der Waals surface area contributed by atoms with E-state index in [0.29, 0.717) is 5.02 Å². The molecule has 0 aromatic heterocycles. The van der Waals surface area contributed by atoms with Gasteiger partial charge in [-0.1, -0.05) is 65.1 Å². The predicted molar refractivity (Wildman–Crippen MR) is 152 cm³/mol. The maximum atomic E-state index is 13.8. The summed E-state index contributed by atoms with van der Waals surface area (Å²) in [5.74, 6) is -0.953. The summed E-state index contributed by atoms with van der Waals surface area (Å²) in [6, 6.07) is 17.9. The van der Waals surface area contributed by atoms with Crippen molar-refractivity contribution in [1.82, 2.24) is 10.2 Å². The van der Waals surface area contributed by atoms with Gasteiger partial charge in [0.25, 0.3) is 10.0 Å². The van der Waals surface area contributed by atoms with Gasteiger partial charge < -0.3 is 10.2 Å². The van der Waals surface area contributed by atoms with Gasteiger partial charge in [0.05, 0.1) is 20.6 Å². The normalized spacial score (nSPS) is 12.2. The Hall–Kier alpha value is -2.78. The lowest BCUT2D eigenvalue weighted by Crippen LogP contribution is -2.52. The average Bonchev–Trinajstić information content (AvgIpc) is 2.88. The molecule has 7 nitrogen and oxygen atoms in total. The molecule has 2 amide bonds. The minimum atomic E-state index is -4.19. The van der Waals surface area contributed by atoms with Crippen LogP contribution in [-0.4, -0.2) is 43.8 Å². The number of nitrogens with zero attached hydrogens (tertiary/aromatic N) is 2. The van der Waals surface area contributed by atoms with Gasteiger partial charge in [-0.3, -0.25) is 13.9 Å². The van der Waals surface area contributed by atoms with E-state index in [1.807, 2.05) is 13.8 Å². The molecule has 0 aliphatic heterocycles. The Morgan fingerprint density at radius 3 is 2.08 bits per heavy atom. The van der Waals surface area contributed by atoms with Gasteiger partial charge in [-0.05, 0) is 68.8 Å². The SMILES string of the molecule is CC(C)NC(=O)[C@@H](C)N(Cc1ccc(Cl)cc1)C(=O)CN(c1ccc(Cl)c(Cl)c1)S(=O)(=O)c1ccccc1. The van der Waals surface area contributed by atoms with Crippen molar-refractivity contribution in [3.8, 4) is 0 Å². The van der Waals surface area contributed by atoms with Crippen LogP contribution in [0.5, 0.6) is 0 Å². The number of carbonyl (C=O) groups is 2. The molecule has 0 unspecified atom stereocenters. The first kappa shape index (κ1) is 29.8. The molecule has 0 fully saturated rings. The average molecular weight is 597 g/mol. The lowest BCUT2D eigenvalue weighted by Gasteiger charge is -2.32. The van der Waals surface area contributed by atoms with Crippen LogP contribution in [-0.2, 0) is 26.2 Å². The van der Waals surface area contributed by atoms with E-state index in [-0.39, 0.29) is 39.1 Å². The summed E-state index contributed by atoms with van der Waals surface area (Å²) >= 11 is 18.3. The fraction of sp³-hybridized carbons (Fsp3) is 0.259. The second kappa shape index (κ2) is 12.8. The van der Waals surface area contributed by atoms with Crippen molar-refractivity contribution in [2.75, 3.05) is 10.8 Å². The first-order valence-corrected chi connectivity index (χ1v) is 14.3. The minimum absolute atomic E-state index is 0.00581. The smallest absolute Gasteiger partial charge is 0.264 e. The summed E-state index contributed by atoms with van der Waals surface area (Å²) in [6.07, 6.45) is 0. The zero-order valence-electron chi connectivity index (χ0n) is 21.1. The topological polar surface area (TPSA) is 86.8 Å². The highest BCUT2D eigenvalue weighted by Gasteiger charge is 2.32. The zero-order valence-corrected chi connectivity index (χ0v) is 24.2. The van der Waals surface area contributed by atoms with Crippen LogP contribution in [0.1, 0.15) is 26.3 Å². The molecule has 0 saturated heterocycles. The molecule has 0 spiro atoms. The molecule has 0 heterocycles. The van der Waals surface area contributed by atoms with E-state index in [1.165, 1.54) is 35.2 Å². The summed E-state index contributed by atoms with van der Waals surface area (Å²) in [4.78, 5) is 28.1. The number of nitrogens with one attached hydrogen (secondary N) is 1. The van der Waals surface area contributed by atoms with Crippen molar-refractivity contribution >= 4 is 62.3 Å². The van der Waals surface area contributed by atoms with E-state index >= 15 is 0 Å². The number of halogens is 3. The Morgan fingerprint density at radius 2 is 1.50 bits per heavy atom. The third kappa shape index (κ3) is 7.41. The van der Waals surface area contributed by atoms with Gasteiger partial charge in [-0.2, -0.15) is 0 Å². The second-order valence-corrected chi connectivity index (χ2v) is 12.0. The molecule has 0 saturated carbocycles. The van der Waals surface area contributed by atoms with E-state index in [9.17, 15) is 18.0 Å². The number of sulfonamides is 1. The third-order valence-electron chi connectivity index (χ3n) is 5.67. The number of rotatable bonds is 10. The molecule has 202 valence electrons. The quantitative estimate of drug-likeness (QED) is 0.321. The highest BCUT2D eigenvalue weighted by Crippen LogP contribution is 2.31. The van der Waals surface area contributed by atoms with Crippen molar-refractivity contribution in [1.29, 1.82) is 0 Å². The summed E-state index contributed by atoms with van der Waals surface area (Å²) in [6.45, 7) is 4.70. The number of amides is 2. The van der Waals surface area contributed by atoms with E-state index in [1.54, 1.807) is 49.4 Å². The maximum Gasteiger partial charge on any atom is 0.264 e. The highest BCUT2D eigenvalue weighted by molar-refractivity contribution is 7.92. The Morgan fingerprint density at radius 1 is 0.868 bits per heavy atom. The van der Waals surface area contributed by atoms with Crippen LogP contribution < -0.4 is 9.62 Å². The maximum absolute atomic E-state index is 13.8. The molecule has 11 heteroatoms. The molecule has 0 aliphatic carbocycles. The molecule has 0 radical (unpaired) electrons. The molecule has 1 N–H and O–H groups in total. The number of anilines is 1. The summed E-state index contributed by atoms with van der Waals surface area (Å²) in [5.41, 5.74) is 0.876. The van der Waals surface area contributed by atoms with Crippen LogP contribution in [0, 0.1) is 0 Å². The van der Waals surface area contributed by atoms with E-state index < -0.39 is 28.5 Å². The van der Waals surface area contributed by atoms with Gasteiger partial charge in [-0.15, -0.1) is 0 Å². The van der Waals surface area contributed by atoms with Gasteiger partial charge in [0.15, 0.2) is 0 Å². The lowest BCUT2D eigenvalue weighted by atomic mass is 10.1. The van der Waals surface area contributed by atoms with Gasteiger partial charge in [0, 0.05) is 17.6 Å². The van der Waals surface area contributed by atoms with Crippen LogP contribution in [0.4, 0.5) is 5.69 Å². The number of benzene rings is 3. The Bertz CT molecular complexity index is 1380. The monoisotopic (exact) mass is 595 g/mol. The van der Waals surface area contributed by atoms with Crippen LogP contribution in [0.25, 0.3) is 0 Å². The van der Waals surface area contributed by atoms with E-state index in [4.69, 9.17) is 34.8 Å². The van der Waals surface area contributed by atoms with Crippen LogP contribution in [0.2, 0.25) is 15.1 Å². The number of hydrogen-bond donors (Lipinski definition) is 1. The molecule has 0 aliphatic rings. The molecule has 3 rings (SSSR count). The molecular weight excluding hydrogens is 569 g/mol. The van der Waals surface area contributed by atoms with Crippen molar-refractivity contribution in [3.63, 3.8) is 0 Å². The lowest BCUT2D eigenvalue weighted by molar-refractivity contribution is -0.139. The molecule has 1 atom stereocenters. The molecule has 3 aromatic carbocycles. The first-order valence-electron chi connectivity index (χ1n) is 11.8. The van der Waals surface area contributed by atoms with Gasteiger partial charge in [0.1, 0.15) is 12.6 Å². The summed E-state index contributed by atoms with van der Waals surface area (Å²) in [7, 11) is -4.19. The Labute approximate surface area is 238 Å². The van der Waals surface area contributed by atoms with E-state index in [2.05, 4.69) is 5.32 Å². The summed E-state index contributed by atoms with van der Waals surface area (Å²) in [5, 5.41) is 3.70. The standard InChI is InChI=1S/C27H28Cl3N3O4S/c1-18(2)31-27(35)19(3)32(16-20-9-11-21(28)12-10-20)26(34)17-33(22-13-14-24(29)25(30)15-22)38(36,37)23-7-5-4-6-8-23/h4-15,18-19H,16-17H2,1-3H3,(H,31,35)/t19-/m1/s1. The fourth-order valence-corrected chi connectivity index (χ4v) is 5.51. The number of carbonyl (C=O) groups excluding carboxylic acids is 2. The second-order valence-electron chi connectivity index (χ2n) is 8.91. The van der Waals surface area contributed by atoms with Crippen molar-refractivity contribution in [2.45, 2.75) is 44.3 Å². The first-order chi connectivity index (χ1) is 17.9. The number of hydrogen-bond acceptors (Lipinski definition) is 4. The van der Waals surface area contributed by atoms with Crippen LogP contribution in [0.15, 0.2) is 77.7 Å². The molecular formula is C27H28Cl3N3O4S. The van der Waals surface area contributed by atoms with Crippen LogP contribution in [0.3, 0.4) is 0 Å². The van der Waals surface area contributed by atoms with Gasteiger partial charge in [0.2, 0.25) is 11.8 Å². The molecule has 38 heavy (non-hydrogen) atoms. The summed E-state index contributed by atoms with van der Waals surface area (Å²) < 4.78 is 28.4. The Kier molecular flexibility index (Phi) is 10.1. The third-order valence-corrected chi connectivity index (χ3v) is 8.44. The van der Waals surface area contributed by atoms with Gasteiger partial charge >= 0.3 is 0 Å². The Balaban J connectivity index is 2.04. The molecule has 3 aromatic rings. The van der Waals surface area contributed by atoms with Crippen molar-refractivity contribution in [3.05, 3.63) is 93.4 Å². The minimum Gasteiger partial charge on any atom is -0.352 e. The largest absolute Gasteiger partial charge is 0.352 e. The highest BCUT2D eigenvalue weighted by atomic mass is 35.5. The predicted octanol–water partition coefficient (Wildman–Crippen LogP) is 5.78. The van der Waals surface area contributed by atoms with Crippen molar-refractivity contribution in [2.24, 2.45) is 0 Å². The molecule has 0 bridgehead atoms. The van der Waals surface area contributed by atoms with Crippen LogP contribution >= 0.6 is 34.8 Å². The zero-order chi connectivity index (χ0) is 28.0.